The maximum atomic E-state index is 12.2. The molecule has 0 aromatic heterocycles. The normalized spacial score (nSPS) is 10.4. The second-order valence-electron chi connectivity index (χ2n) is 6.33. The van der Waals surface area contributed by atoms with E-state index in [1.807, 2.05) is 6.92 Å². The lowest BCUT2D eigenvalue weighted by molar-refractivity contribution is -0.146. The van der Waals surface area contributed by atoms with E-state index in [1.54, 1.807) is 54.6 Å². The molecule has 2 aromatic carbocycles. The van der Waals surface area contributed by atoms with E-state index in [-0.39, 0.29) is 18.8 Å². The lowest BCUT2D eigenvalue weighted by Gasteiger charge is -2.06. The molecule has 0 heterocycles. The largest absolute Gasteiger partial charge is 0.494 e. The minimum Gasteiger partial charge on any atom is -0.494 e. The van der Waals surface area contributed by atoms with Crippen LogP contribution in [0.4, 0.5) is 0 Å². The van der Waals surface area contributed by atoms with Gasteiger partial charge >= 0.3 is 17.9 Å². The van der Waals surface area contributed by atoms with Crippen LogP contribution in [0, 0.1) is 0 Å². The fourth-order valence-corrected chi connectivity index (χ4v) is 2.28. The quantitative estimate of drug-likeness (QED) is 0.247. The van der Waals surface area contributed by atoms with Crippen molar-refractivity contribution in [2.75, 3.05) is 19.8 Å². The Morgan fingerprint density at radius 3 is 2.13 bits per heavy atom. The second kappa shape index (κ2) is 12.0. The first-order chi connectivity index (χ1) is 14.9. The van der Waals surface area contributed by atoms with Crippen molar-refractivity contribution in [2.45, 2.75) is 13.8 Å². The van der Waals surface area contributed by atoms with Crippen molar-refractivity contribution >= 4 is 24.0 Å². The molecule has 31 heavy (non-hydrogen) atoms. The Balaban J connectivity index is 1.80. The highest BCUT2D eigenvalue weighted by molar-refractivity contribution is 5.91. The van der Waals surface area contributed by atoms with E-state index in [9.17, 15) is 14.4 Å². The van der Waals surface area contributed by atoms with Crippen LogP contribution in [-0.2, 0) is 19.1 Å². The van der Waals surface area contributed by atoms with E-state index in [4.69, 9.17) is 18.9 Å². The molecule has 0 N–H and O–H groups in total. The number of hydrogen-bond acceptors (Lipinski definition) is 7. The first kappa shape index (κ1) is 23.4. The number of carbonyl (C=O) groups is 3. The van der Waals surface area contributed by atoms with Crippen molar-refractivity contribution in [1.82, 2.24) is 0 Å². The average molecular weight is 424 g/mol. The minimum atomic E-state index is -0.572. The molecule has 0 bridgehead atoms. The van der Waals surface area contributed by atoms with Crippen LogP contribution in [0.3, 0.4) is 0 Å². The third kappa shape index (κ3) is 8.18. The van der Waals surface area contributed by atoms with Gasteiger partial charge in [-0.25, -0.2) is 14.4 Å². The molecule has 0 amide bonds. The van der Waals surface area contributed by atoms with Crippen LogP contribution in [0.1, 0.15) is 29.8 Å². The molecule has 162 valence electrons. The highest BCUT2D eigenvalue weighted by Crippen LogP contribution is 2.17. The van der Waals surface area contributed by atoms with E-state index < -0.39 is 17.9 Å². The Morgan fingerprint density at radius 1 is 0.903 bits per heavy atom. The lowest BCUT2D eigenvalue weighted by Crippen LogP contribution is -2.12. The standard InChI is InChI=1S/C24H24O7/c1-4-28-20-12-8-19(9-13-20)24(27)31-21-10-5-18(6-11-21)7-14-22(25)29-15-16-30-23(26)17(2)3/h5-14H,2,4,15-16H2,1,3H3/b14-7+. The molecule has 0 saturated heterocycles. The number of rotatable bonds is 10. The van der Waals surface area contributed by atoms with Crippen LogP contribution < -0.4 is 9.47 Å². The Bertz CT molecular complexity index is 941. The Kier molecular flexibility index (Phi) is 9.04. The zero-order valence-corrected chi connectivity index (χ0v) is 17.5. The van der Waals surface area contributed by atoms with Crippen molar-refractivity contribution in [1.29, 1.82) is 0 Å². The molecule has 7 nitrogen and oxygen atoms in total. The van der Waals surface area contributed by atoms with E-state index in [0.29, 0.717) is 29.2 Å². The van der Waals surface area contributed by atoms with Crippen LogP contribution in [0.5, 0.6) is 11.5 Å². The van der Waals surface area contributed by atoms with Gasteiger partial charge in [-0.3, -0.25) is 0 Å². The summed E-state index contributed by atoms with van der Waals surface area (Å²) in [6.07, 6.45) is 2.81. The topological polar surface area (TPSA) is 88.1 Å². The Hall–Kier alpha value is -3.87. The lowest BCUT2D eigenvalue weighted by atomic mass is 10.2. The molecule has 0 aliphatic heterocycles. The molecule has 0 radical (unpaired) electrons. The monoisotopic (exact) mass is 424 g/mol. The highest BCUT2D eigenvalue weighted by Gasteiger charge is 2.09. The number of carbonyl (C=O) groups excluding carboxylic acids is 3. The van der Waals surface area contributed by atoms with Crippen LogP contribution in [0.15, 0.2) is 66.8 Å². The smallest absolute Gasteiger partial charge is 0.343 e. The maximum Gasteiger partial charge on any atom is 0.343 e. The first-order valence-corrected chi connectivity index (χ1v) is 9.61. The SMILES string of the molecule is C=C(C)C(=O)OCCOC(=O)/C=C/c1ccc(OC(=O)c2ccc(OCC)cc2)cc1. The van der Waals surface area contributed by atoms with Crippen LogP contribution >= 0.6 is 0 Å². The van der Waals surface area contributed by atoms with Gasteiger partial charge < -0.3 is 18.9 Å². The van der Waals surface area contributed by atoms with Crippen molar-refractivity contribution in [3.8, 4) is 11.5 Å². The van der Waals surface area contributed by atoms with E-state index in [1.165, 1.54) is 13.0 Å². The molecule has 0 aliphatic carbocycles. The molecule has 0 atom stereocenters. The van der Waals surface area contributed by atoms with Gasteiger partial charge in [-0.2, -0.15) is 0 Å². The van der Waals surface area contributed by atoms with Crippen molar-refractivity contribution in [3.05, 3.63) is 77.9 Å². The predicted octanol–water partition coefficient (Wildman–Crippen LogP) is 3.98. The first-order valence-electron chi connectivity index (χ1n) is 9.61. The van der Waals surface area contributed by atoms with Crippen LogP contribution in [0.25, 0.3) is 6.08 Å². The van der Waals surface area contributed by atoms with Crippen LogP contribution in [0.2, 0.25) is 0 Å². The molecule has 0 fully saturated rings. The summed E-state index contributed by atoms with van der Waals surface area (Å²) in [5, 5.41) is 0. The summed E-state index contributed by atoms with van der Waals surface area (Å²) in [6.45, 7) is 7.32. The van der Waals surface area contributed by atoms with Gasteiger partial charge in [0.1, 0.15) is 24.7 Å². The fraction of sp³-hybridized carbons (Fsp3) is 0.208. The van der Waals surface area contributed by atoms with Crippen molar-refractivity contribution in [3.63, 3.8) is 0 Å². The van der Waals surface area contributed by atoms with E-state index in [0.717, 1.165) is 0 Å². The summed E-state index contributed by atoms with van der Waals surface area (Å²) in [7, 11) is 0. The van der Waals surface area contributed by atoms with Gasteiger partial charge in [0.15, 0.2) is 0 Å². The Morgan fingerprint density at radius 2 is 1.52 bits per heavy atom. The predicted molar refractivity (Wildman–Crippen MR) is 115 cm³/mol. The molecular weight excluding hydrogens is 400 g/mol. The van der Waals surface area contributed by atoms with E-state index >= 15 is 0 Å². The number of esters is 3. The highest BCUT2D eigenvalue weighted by atomic mass is 16.6. The summed E-state index contributed by atoms with van der Waals surface area (Å²) in [5.41, 5.74) is 1.40. The third-order valence-electron chi connectivity index (χ3n) is 3.81. The van der Waals surface area contributed by atoms with Gasteiger partial charge in [0.2, 0.25) is 0 Å². The van der Waals surface area contributed by atoms with Crippen molar-refractivity contribution < 1.29 is 33.3 Å². The fourth-order valence-electron chi connectivity index (χ4n) is 2.28. The molecule has 0 spiro atoms. The van der Waals surface area contributed by atoms with Gasteiger partial charge in [0, 0.05) is 11.6 Å². The van der Waals surface area contributed by atoms with Crippen molar-refractivity contribution in [2.24, 2.45) is 0 Å². The van der Waals surface area contributed by atoms with Crippen LogP contribution in [-0.4, -0.2) is 37.7 Å². The summed E-state index contributed by atoms with van der Waals surface area (Å²) in [4.78, 5) is 35.1. The van der Waals surface area contributed by atoms with Gasteiger partial charge in [0.25, 0.3) is 0 Å². The summed E-state index contributed by atoms with van der Waals surface area (Å²) in [6, 6.07) is 13.3. The second-order valence-corrected chi connectivity index (χ2v) is 6.33. The number of ether oxygens (including phenoxy) is 4. The number of benzene rings is 2. The number of hydrogen-bond donors (Lipinski definition) is 0. The van der Waals surface area contributed by atoms with Gasteiger partial charge in [-0.15, -0.1) is 0 Å². The summed E-state index contributed by atoms with van der Waals surface area (Å²) in [5.74, 6) is -0.533. The van der Waals surface area contributed by atoms with Gasteiger partial charge in [-0.05, 0) is 61.9 Å². The zero-order chi connectivity index (χ0) is 22.6. The molecule has 7 heteroatoms. The summed E-state index contributed by atoms with van der Waals surface area (Å²) >= 11 is 0. The zero-order valence-electron chi connectivity index (χ0n) is 17.5. The average Bonchev–Trinajstić information content (AvgIpc) is 2.76. The maximum absolute atomic E-state index is 12.2. The molecule has 0 aliphatic rings. The van der Waals surface area contributed by atoms with Gasteiger partial charge in [-0.1, -0.05) is 18.7 Å². The molecular formula is C24H24O7. The minimum absolute atomic E-state index is 0.0420. The molecule has 0 unspecified atom stereocenters. The molecule has 2 rings (SSSR count). The molecule has 2 aromatic rings. The Labute approximate surface area is 180 Å². The summed E-state index contributed by atoms with van der Waals surface area (Å²) < 4.78 is 20.4. The van der Waals surface area contributed by atoms with Gasteiger partial charge in [0.05, 0.1) is 12.2 Å². The van der Waals surface area contributed by atoms with E-state index in [2.05, 4.69) is 6.58 Å². The third-order valence-corrected chi connectivity index (χ3v) is 3.81. The molecule has 0 saturated carbocycles.